The van der Waals surface area contributed by atoms with Crippen LogP contribution in [0.3, 0.4) is 0 Å². The highest BCUT2D eigenvalue weighted by molar-refractivity contribution is 5.94. The summed E-state index contributed by atoms with van der Waals surface area (Å²) in [7, 11) is 0. The highest BCUT2D eigenvalue weighted by atomic mass is 16.6. The average Bonchev–Trinajstić information content (AvgIpc) is 2.54. The van der Waals surface area contributed by atoms with Crippen molar-refractivity contribution in [2.24, 2.45) is 0 Å². The van der Waals surface area contributed by atoms with Gasteiger partial charge in [-0.25, -0.2) is 0 Å². The van der Waals surface area contributed by atoms with E-state index in [1.165, 1.54) is 24.3 Å². The molecule has 1 amide bonds. The third-order valence-corrected chi connectivity index (χ3v) is 3.13. The van der Waals surface area contributed by atoms with Gasteiger partial charge in [-0.15, -0.1) is 0 Å². The fraction of sp³-hybridized carbons (Fsp3) is 0.500. The molecule has 1 saturated heterocycles. The van der Waals surface area contributed by atoms with E-state index in [9.17, 15) is 19.7 Å². The smallest absolute Gasteiger partial charge is 0.293 e. The number of nitro benzene ring substituents is 1. The van der Waals surface area contributed by atoms with Crippen molar-refractivity contribution >= 4 is 18.1 Å². The minimum Gasteiger partial charge on any atom is -0.462 e. The average molecular weight is 337 g/mol. The lowest BCUT2D eigenvalue weighted by Crippen LogP contribution is -2.46. The van der Waals surface area contributed by atoms with Crippen molar-refractivity contribution in [3.63, 3.8) is 0 Å². The second-order valence-corrected chi connectivity index (χ2v) is 6.17. The van der Waals surface area contributed by atoms with Crippen LogP contribution in [0.5, 0.6) is 0 Å². The Morgan fingerprint density at radius 2 is 1.79 bits per heavy atom. The Hall–Kier alpha value is -2.48. The first-order valence-corrected chi connectivity index (χ1v) is 7.60. The number of non-ortho nitro benzene ring substituents is 1. The van der Waals surface area contributed by atoms with Crippen LogP contribution in [-0.2, 0) is 9.53 Å². The van der Waals surface area contributed by atoms with Crippen LogP contribution in [0, 0.1) is 10.1 Å². The summed E-state index contributed by atoms with van der Waals surface area (Å²) in [4.78, 5) is 33.4. The lowest BCUT2D eigenvalue weighted by molar-refractivity contribution is -0.384. The molecule has 0 spiro atoms. The SMILES string of the molecule is CC(C)(C)OC=O.O=C(c1ccc([N+](=O)[O-])cc1)N1CCNCC1. The van der Waals surface area contributed by atoms with Gasteiger partial charge in [0.25, 0.3) is 18.1 Å². The second-order valence-electron chi connectivity index (χ2n) is 6.17. The number of hydrogen-bond donors (Lipinski definition) is 1. The second kappa shape index (κ2) is 8.97. The van der Waals surface area contributed by atoms with Gasteiger partial charge in [0, 0.05) is 43.9 Å². The van der Waals surface area contributed by atoms with Gasteiger partial charge >= 0.3 is 0 Å². The zero-order valence-corrected chi connectivity index (χ0v) is 14.2. The minimum absolute atomic E-state index is 0.00172. The summed E-state index contributed by atoms with van der Waals surface area (Å²) in [5.74, 6) is -0.0682. The third-order valence-electron chi connectivity index (χ3n) is 3.13. The molecule has 1 fully saturated rings. The molecule has 1 aliphatic heterocycles. The molecule has 1 aromatic carbocycles. The zero-order chi connectivity index (χ0) is 18.2. The van der Waals surface area contributed by atoms with Crippen molar-refractivity contribution in [1.29, 1.82) is 0 Å². The number of ether oxygens (including phenoxy) is 1. The number of nitrogens with zero attached hydrogens (tertiary/aromatic N) is 2. The number of hydrogen-bond acceptors (Lipinski definition) is 6. The summed E-state index contributed by atoms with van der Waals surface area (Å²) in [6, 6.07) is 5.72. The molecular weight excluding hydrogens is 314 g/mol. The Morgan fingerprint density at radius 1 is 1.25 bits per heavy atom. The van der Waals surface area contributed by atoms with Crippen LogP contribution in [0.25, 0.3) is 0 Å². The highest BCUT2D eigenvalue weighted by Gasteiger charge is 2.18. The fourth-order valence-corrected chi connectivity index (χ4v) is 1.92. The Labute approximate surface area is 140 Å². The van der Waals surface area contributed by atoms with E-state index >= 15 is 0 Å². The molecule has 0 unspecified atom stereocenters. The summed E-state index contributed by atoms with van der Waals surface area (Å²) in [5, 5.41) is 13.6. The zero-order valence-electron chi connectivity index (χ0n) is 14.2. The maximum atomic E-state index is 12.0. The van der Waals surface area contributed by atoms with Crippen molar-refractivity contribution in [3.8, 4) is 0 Å². The number of rotatable bonds is 3. The predicted octanol–water partition coefficient (Wildman–Crippen LogP) is 1.60. The van der Waals surface area contributed by atoms with Gasteiger partial charge in [0.2, 0.25) is 0 Å². The summed E-state index contributed by atoms with van der Waals surface area (Å²) in [5.41, 5.74) is 0.182. The van der Waals surface area contributed by atoms with Gasteiger partial charge in [0.05, 0.1) is 4.92 Å². The summed E-state index contributed by atoms with van der Waals surface area (Å²) < 4.78 is 4.55. The van der Waals surface area contributed by atoms with Gasteiger partial charge in [-0.3, -0.25) is 19.7 Å². The first kappa shape index (κ1) is 19.6. The monoisotopic (exact) mass is 337 g/mol. The number of nitro groups is 1. The Kier molecular flexibility index (Phi) is 7.31. The lowest BCUT2D eigenvalue weighted by atomic mass is 10.1. The van der Waals surface area contributed by atoms with Gasteiger partial charge < -0.3 is 15.0 Å². The molecule has 0 aromatic heterocycles. The molecule has 1 aliphatic rings. The van der Waals surface area contributed by atoms with E-state index in [0.717, 1.165) is 13.1 Å². The van der Waals surface area contributed by atoms with E-state index in [0.29, 0.717) is 25.1 Å². The number of piperazine rings is 1. The maximum absolute atomic E-state index is 12.0. The van der Waals surface area contributed by atoms with E-state index < -0.39 is 4.92 Å². The molecule has 0 radical (unpaired) electrons. The molecule has 1 aromatic rings. The van der Waals surface area contributed by atoms with Crippen molar-refractivity contribution < 1.29 is 19.2 Å². The number of benzene rings is 1. The number of amides is 1. The van der Waals surface area contributed by atoms with Crippen LogP contribution < -0.4 is 5.32 Å². The quantitative estimate of drug-likeness (QED) is 0.511. The maximum Gasteiger partial charge on any atom is 0.293 e. The predicted molar refractivity (Wildman–Crippen MR) is 88.8 cm³/mol. The fourth-order valence-electron chi connectivity index (χ4n) is 1.92. The van der Waals surface area contributed by atoms with Crippen molar-refractivity contribution in [3.05, 3.63) is 39.9 Å². The van der Waals surface area contributed by atoms with Crippen LogP contribution in [-0.4, -0.2) is 54.0 Å². The van der Waals surface area contributed by atoms with Crippen molar-refractivity contribution in [2.75, 3.05) is 26.2 Å². The molecule has 1 N–H and O–H groups in total. The molecule has 0 bridgehead atoms. The van der Waals surface area contributed by atoms with Crippen LogP contribution >= 0.6 is 0 Å². The van der Waals surface area contributed by atoms with Gasteiger partial charge in [0.1, 0.15) is 5.60 Å². The lowest BCUT2D eigenvalue weighted by Gasteiger charge is -2.27. The van der Waals surface area contributed by atoms with Gasteiger partial charge in [-0.2, -0.15) is 0 Å². The largest absolute Gasteiger partial charge is 0.462 e. The number of carbonyl (C=O) groups is 2. The van der Waals surface area contributed by atoms with Crippen molar-refractivity contribution in [1.82, 2.24) is 10.2 Å². The van der Waals surface area contributed by atoms with E-state index in [1.807, 2.05) is 20.8 Å². The van der Waals surface area contributed by atoms with Gasteiger partial charge in [-0.05, 0) is 32.9 Å². The molecule has 24 heavy (non-hydrogen) atoms. The summed E-state index contributed by atoms with van der Waals surface area (Å²) in [6.45, 7) is 8.85. The Morgan fingerprint density at radius 3 is 2.17 bits per heavy atom. The van der Waals surface area contributed by atoms with Gasteiger partial charge in [-0.1, -0.05) is 0 Å². The molecule has 1 heterocycles. The summed E-state index contributed by atoms with van der Waals surface area (Å²) in [6.07, 6.45) is 0. The first-order chi connectivity index (χ1) is 11.2. The summed E-state index contributed by atoms with van der Waals surface area (Å²) >= 11 is 0. The van der Waals surface area contributed by atoms with Crippen LogP contribution in [0.2, 0.25) is 0 Å². The topological polar surface area (TPSA) is 102 Å². The Bertz CT molecular complexity index is 560. The van der Waals surface area contributed by atoms with E-state index in [1.54, 1.807) is 4.90 Å². The van der Waals surface area contributed by atoms with Crippen molar-refractivity contribution in [2.45, 2.75) is 26.4 Å². The normalized spacial score (nSPS) is 14.2. The van der Waals surface area contributed by atoms with E-state index in [4.69, 9.17) is 0 Å². The first-order valence-electron chi connectivity index (χ1n) is 7.60. The minimum atomic E-state index is -0.473. The molecular formula is C16H23N3O5. The number of carbonyl (C=O) groups excluding carboxylic acids is 2. The molecule has 0 saturated carbocycles. The standard InChI is InChI=1S/C11H13N3O3.C5H10O2/c15-11(13-7-5-12-6-8-13)9-1-3-10(4-2-9)14(16)17;1-5(2,3)7-4-6/h1-4,12H,5-8H2;4H,1-3H3. The molecule has 0 atom stereocenters. The third kappa shape index (κ3) is 6.74. The van der Waals surface area contributed by atoms with Gasteiger partial charge in [0.15, 0.2) is 0 Å². The highest BCUT2D eigenvalue weighted by Crippen LogP contribution is 2.13. The molecule has 0 aliphatic carbocycles. The molecule has 8 heteroatoms. The van der Waals surface area contributed by atoms with E-state index in [-0.39, 0.29) is 17.2 Å². The molecule has 8 nitrogen and oxygen atoms in total. The van der Waals surface area contributed by atoms with Crippen LogP contribution in [0.1, 0.15) is 31.1 Å². The van der Waals surface area contributed by atoms with E-state index in [2.05, 4.69) is 10.1 Å². The molecule has 2 rings (SSSR count). The number of nitrogens with one attached hydrogen (secondary N) is 1. The van der Waals surface area contributed by atoms with Crippen LogP contribution in [0.4, 0.5) is 5.69 Å². The Balaban J connectivity index is 0.000000351. The molecule has 132 valence electrons. The van der Waals surface area contributed by atoms with Crippen LogP contribution in [0.15, 0.2) is 24.3 Å².